The highest BCUT2D eigenvalue weighted by Crippen LogP contribution is 2.43. The molecular formula is C18H12Cl2F3NO4S. The first kappa shape index (κ1) is 21.6. The Kier molecular flexibility index (Phi) is 6.23. The standard InChI is InChI=1S/C18H12Cl2F3NO4S/c19-8-4-5-11-10(6-8)16(27-13(7-14(25)26)17(29)24-11)9-2-1-3-12(15(9)20)28-18(21,22)23/h1-6,13,16H,7H2,(H,24,29)(H,25,26)/t13-,16-/m0/s1. The van der Waals surface area contributed by atoms with E-state index in [0.717, 1.165) is 6.07 Å². The van der Waals surface area contributed by atoms with Crippen LogP contribution in [0, 0.1) is 0 Å². The summed E-state index contributed by atoms with van der Waals surface area (Å²) in [5.74, 6) is -1.78. The predicted molar refractivity (Wildman–Crippen MR) is 105 cm³/mol. The van der Waals surface area contributed by atoms with Crippen molar-refractivity contribution < 1.29 is 32.5 Å². The van der Waals surface area contributed by atoms with Gasteiger partial charge in [0, 0.05) is 21.8 Å². The lowest BCUT2D eigenvalue weighted by molar-refractivity contribution is -0.274. The van der Waals surface area contributed by atoms with Crippen LogP contribution in [0.1, 0.15) is 23.7 Å². The summed E-state index contributed by atoms with van der Waals surface area (Å²) in [6, 6.07) is 8.55. The summed E-state index contributed by atoms with van der Waals surface area (Å²) in [5.41, 5.74) is 1.04. The zero-order valence-corrected chi connectivity index (χ0v) is 16.6. The molecule has 0 spiro atoms. The molecule has 0 fully saturated rings. The summed E-state index contributed by atoms with van der Waals surface area (Å²) in [6.45, 7) is 0. The SMILES string of the molecule is O=C(O)C[C@@H]1O[C@@H](c2cccc(OC(F)(F)F)c2Cl)c2cc(Cl)ccc2NC1=S. The van der Waals surface area contributed by atoms with E-state index in [1.165, 1.54) is 18.2 Å². The van der Waals surface area contributed by atoms with Crippen LogP contribution in [0.25, 0.3) is 0 Å². The van der Waals surface area contributed by atoms with E-state index in [2.05, 4.69) is 10.1 Å². The maximum Gasteiger partial charge on any atom is 0.573 e. The highest BCUT2D eigenvalue weighted by Gasteiger charge is 2.35. The second-order valence-electron chi connectivity index (χ2n) is 6.03. The number of rotatable bonds is 4. The minimum atomic E-state index is -4.94. The monoisotopic (exact) mass is 465 g/mol. The largest absolute Gasteiger partial charge is 0.573 e. The van der Waals surface area contributed by atoms with Crippen molar-refractivity contribution in [2.45, 2.75) is 25.0 Å². The van der Waals surface area contributed by atoms with Crippen molar-refractivity contribution in [3.63, 3.8) is 0 Å². The molecule has 0 saturated heterocycles. The number of ether oxygens (including phenoxy) is 2. The van der Waals surface area contributed by atoms with E-state index in [1.54, 1.807) is 12.1 Å². The fraction of sp³-hybridized carbons (Fsp3) is 0.222. The molecule has 11 heteroatoms. The minimum absolute atomic E-state index is 0.109. The molecule has 1 heterocycles. The Morgan fingerprint density at radius 3 is 2.62 bits per heavy atom. The van der Waals surface area contributed by atoms with Crippen LogP contribution in [0.3, 0.4) is 0 Å². The molecule has 0 unspecified atom stereocenters. The van der Waals surface area contributed by atoms with Gasteiger partial charge in [-0.2, -0.15) is 0 Å². The van der Waals surface area contributed by atoms with Gasteiger partial charge < -0.3 is 19.9 Å². The lowest BCUT2D eigenvalue weighted by Crippen LogP contribution is -2.30. The average molecular weight is 466 g/mol. The topological polar surface area (TPSA) is 67.8 Å². The Labute approximate surface area is 178 Å². The van der Waals surface area contributed by atoms with Crippen LogP contribution in [0.15, 0.2) is 36.4 Å². The van der Waals surface area contributed by atoms with Gasteiger partial charge >= 0.3 is 12.3 Å². The second-order valence-corrected chi connectivity index (χ2v) is 7.28. The summed E-state index contributed by atoms with van der Waals surface area (Å²) in [4.78, 5) is 11.3. The van der Waals surface area contributed by atoms with Gasteiger partial charge in [0.15, 0.2) is 0 Å². The number of carboxylic acid groups (broad SMARTS) is 1. The summed E-state index contributed by atoms with van der Waals surface area (Å²) in [5, 5.41) is 12.1. The van der Waals surface area contributed by atoms with E-state index in [1.807, 2.05) is 0 Å². The number of fused-ring (bicyclic) bond motifs is 1. The van der Waals surface area contributed by atoms with Crippen molar-refractivity contribution in [3.05, 3.63) is 57.6 Å². The van der Waals surface area contributed by atoms with Crippen LogP contribution >= 0.6 is 35.4 Å². The van der Waals surface area contributed by atoms with Gasteiger partial charge in [-0.1, -0.05) is 47.6 Å². The molecule has 2 aromatic carbocycles. The Balaban J connectivity index is 2.12. The normalized spacial score (nSPS) is 19.1. The lowest BCUT2D eigenvalue weighted by Gasteiger charge is -2.23. The number of hydrogen-bond acceptors (Lipinski definition) is 4. The molecule has 2 N–H and O–H groups in total. The number of carbonyl (C=O) groups is 1. The molecule has 0 bridgehead atoms. The zero-order chi connectivity index (χ0) is 21.3. The molecule has 5 nitrogen and oxygen atoms in total. The molecule has 1 aliphatic heterocycles. The van der Waals surface area contributed by atoms with Gasteiger partial charge in [-0.25, -0.2) is 0 Å². The summed E-state index contributed by atoms with van der Waals surface area (Å²) in [6.07, 6.45) is -7.50. The molecular weight excluding hydrogens is 454 g/mol. The van der Waals surface area contributed by atoms with Crippen molar-refractivity contribution in [1.82, 2.24) is 0 Å². The molecule has 29 heavy (non-hydrogen) atoms. The van der Waals surface area contributed by atoms with Gasteiger partial charge in [-0.05, 0) is 24.3 Å². The van der Waals surface area contributed by atoms with E-state index in [4.69, 9.17) is 45.3 Å². The molecule has 0 aromatic heterocycles. The van der Waals surface area contributed by atoms with Gasteiger partial charge in [0.25, 0.3) is 0 Å². The molecule has 2 aromatic rings. The van der Waals surface area contributed by atoms with Crippen LogP contribution in [-0.4, -0.2) is 28.5 Å². The Bertz CT molecular complexity index is 971. The Morgan fingerprint density at radius 2 is 1.97 bits per heavy atom. The van der Waals surface area contributed by atoms with E-state index < -0.39 is 36.7 Å². The first-order chi connectivity index (χ1) is 13.5. The lowest BCUT2D eigenvalue weighted by atomic mass is 9.99. The number of aliphatic carboxylic acids is 1. The fourth-order valence-corrected chi connectivity index (χ4v) is 3.54. The third-order valence-corrected chi connectivity index (χ3v) is 5.01. The summed E-state index contributed by atoms with van der Waals surface area (Å²) < 4.78 is 47.9. The van der Waals surface area contributed by atoms with E-state index in [-0.39, 0.29) is 15.6 Å². The molecule has 154 valence electrons. The minimum Gasteiger partial charge on any atom is -0.481 e. The fourth-order valence-electron chi connectivity index (χ4n) is 2.85. The number of benzene rings is 2. The molecule has 0 saturated carbocycles. The molecule has 0 amide bonds. The third kappa shape index (κ3) is 5.11. The maximum atomic E-state index is 12.7. The quantitative estimate of drug-likeness (QED) is 0.573. The van der Waals surface area contributed by atoms with Crippen LogP contribution in [0.4, 0.5) is 18.9 Å². The second kappa shape index (κ2) is 8.35. The number of anilines is 1. The average Bonchev–Trinajstić information content (AvgIpc) is 2.73. The highest BCUT2D eigenvalue weighted by molar-refractivity contribution is 7.80. The third-order valence-electron chi connectivity index (χ3n) is 4.01. The number of thiocarbonyl (C=S) groups is 1. The predicted octanol–water partition coefficient (Wildman–Crippen LogP) is 5.59. The van der Waals surface area contributed by atoms with Crippen molar-refractivity contribution >= 4 is 52.1 Å². The molecule has 1 aliphatic rings. The van der Waals surface area contributed by atoms with Gasteiger partial charge in [0.2, 0.25) is 0 Å². The number of carboxylic acids is 1. The van der Waals surface area contributed by atoms with Crippen LogP contribution in [0.2, 0.25) is 10.0 Å². The van der Waals surface area contributed by atoms with Crippen molar-refractivity contribution in [3.8, 4) is 5.75 Å². The van der Waals surface area contributed by atoms with Crippen molar-refractivity contribution in [2.24, 2.45) is 0 Å². The Hall–Kier alpha value is -2.07. The number of nitrogens with one attached hydrogen (secondary N) is 1. The van der Waals surface area contributed by atoms with Crippen LogP contribution < -0.4 is 10.1 Å². The van der Waals surface area contributed by atoms with E-state index in [0.29, 0.717) is 16.3 Å². The Morgan fingerprint density at radius 1 is 1.24 bits per heavy atom. The molecule has 0 radical (unpaired) electrons. The van der Waals surface area contributed by atoms with Gasteiger partial charge in [-0.15, -0.1) is 13.2 Å². The smallest absolute Gasteiger partial charge is 0.481 e. The summed E-state index contributed by atoms with van der Waals surface area (Å²) in [7, 11) is 0. The molecule has 0 aliphatic carbocycles. The van der Waals surface area contributed by atoms with Crippen molar-refractivity contribution in [1.29, 1.82) is 0 Å². The number of halogens is 5. The first-order valence-electron chi connectivity index (χ1n) is 8.07. The number of alkyl halides is 3. The van der Waals surface area contributed by atoms with Crippen molar-refractivity contribution in [2.75, 3.05) is 5.32 Å². The highest BCUT2D eigenvalue weighted by atomic mass is 35.5. The van der Waals surface area contributed by atoms with E-state index >= 15 is 0 Å². The van der Waals surface area contributed by atoms with Gasteiger partial charge in [0.05, 0.1) is 11.4 Å². The van der Waals surface area contributed by atoms with E-state index in [9.17, 15) is 18.0 Å². The molecule has 3 rings (SSSR count). The maximum absolute atomic E-state index is 12.7. The summed E-state index contributed by atoms with van der Waals surface area (Å²) >= 11 is 17.5. The first-order valence-corrected chi connectivity index (χ1v) is 9.23. The number of hydrogen-bond donors (Lipinski definition) is 2. The van der Waals surface area contributed by atoms with Crippen LogP contribution in [-0.2, 0) is 9.53 Å². The van der Waals surface area contributed by atoms with Gasteiger partial charge in [-0.3, -0.25) is 4.79 Å². The van der Waals surface area contributed by atoms with Gasteiger partial charge in [0.1, 0.15) is 22.9 Å². The van der Waals surface area contributed by atoms with Crippen LogP contribution in [0.5, 0.6) is 5.75 Å². The molecule has 2 atom stereocenters. The zero-order valence-electron chi connectivity index (χ0n) is 14.3.